The van der Waals surface area contributed by atoms with Crippen molar-refractivity contribution >= 4 is 43.3 Å². The van der Waals surface area contributed by atoms with Crippen LogP contribution in [0.5, 0.6) is 5.75 Å². The van der Waals surface area contributed by atoms with Gasteiger partial charge in [-0.05, 0) is 39.7 Å². The van der Waals surface area contributed by atoms with E-state index in [0.717, 1.165) is 0 Å². The van der Waals surface area contributed by atoms with E-state index < -0.39 is 21.6 Å². The summed E-state index contributed by atoms with van der Waals surface area (Å²) in [6.45, 7) is 0. The summed E-state index contributed by atoms with van der Waals surface area (Å²) in [6, 6.07) is 9.30. The third-order valence-corrected chi connectivity index (χ3v) is 6.09. The summed E-state index contributed by atoms with van der Waals surface area (Å²) in [4.78, 5) is 12.1. The maximum atomic E-state index is 12.7. The second kappa shape index (κ2) is 7.55. The number of methoxy groups -OCH3 is 2. The van der Waals surface area contributed by atoms with Gasteiger partial charge in [0.15, 0.2) is 9.84 Å². The number of carbonyl (C=O) groups is 1. The number of hydrogen-bond acceptors (Lipinski definition) is 5. The van der Waals surface area contributed by atoms with E-state index in [2.05, 4.69) is 15.9 Å². The number of rotatable bonds is 5. The van der Waals surface area contributed by atoms with Crippen molar-refractivity contribution in [3.8, 4) is 5.75 Å². The SMILES string of the molecule is COC(=O)c1c(CS(=O)(=O)c2ccccc2Cl)ccc(Br)c1OC. The predicted molar refractivity (Wildman–Crippen MR) is 94.4 cm³/mol. The fraction of sp³-hybridized carbons (Fsp3) is 0.188. The maximum absolute atomic E-state index is 12.7. The first-order chi connectivity index (χ1) is 11.3. The highest BCUT2D eigenvalue weighted by Crippen LogP contribution is 2.34. The van der Waals surface area contributed by atoms with Gasteiger partial charge < -0.3 is 9.47 Å². The van der Waals surface area contributed by atoms with Crippen LogP contribution in [-0.2, 0) is 20.3 Å². The summed E-state index contributed by atoms with van der Waals surface area (Å²) >= 11 is 9.26. The summed E-state index contributed by atoms with van der Waals surface area (Å²) in [5.41, 5.74) is 0.326. The molecule has 0 aliphatic rings. The van der Waals surface area contributed by atoms with Crippen LogP contribution in [0.2, 0.25) is 5.02 Å². The van der Waals surface area contributed by atoms with Crippen LogP contribution >= 0.6 is 27.5 Å². The Morgan fingerprint density at radius 3 is 2.42 bits per heavy atom. The van der Waals surface area contributed by atoms with Crippen LogP contribution in [-0.4, -0.2) is 28.6 Å². The normalized spacial score (nSPS) is 11.2. The van der Waals surface area contributed by atoms with Gasteiger partial charge in [-0.2, -0.15) is 0 Å². The molecular formula is C16H14BrClO5S. The average Bonchev–Trinajstić information content (AvgIpc) is 2.55. The van der Waals surface area contributed by atoms with Crippen LogP contribution in [0, 0.1) is 0 Å². The third kappa shape index (κ3) is 3.74. The molecule has 0 fully saturated rings. The summed E-state index contributed by atoms with van der Waals surface area (Å²) < 4.78 is 35.9. The first-order valence-electron chi connectivity index (χ1n) is 6.72. The van der Waals surface area contributed by atoms with E-state index in [1.807, 2.05) is 0 Å². The molecule has 24 heavy (non-hydrogen) atoms. The van der Waals surface area contributed by atoms with Gasteiger partial charge in [0.25, 0.3) is 0 Å². The van der Waals surface area contributed by atoms with E-state index in [4.69, 9.17) is 21.1 Å². The molecule has 0 aliphatic heterocycles. The molecule has 0 heterocycles. The Bertz CT molecular complexity index is 880. The Hall–Kier alpha value is -1.57. The molecule has 0 atom stereocenters. The smallest absolute Gasteiger partial charge is 0.342 e. The highest BCUT2D eigenvalue weighted by molar-refractivity contribution is 9.10. The van der Waals surface area contributed by atoms with Gasteiger partial charge >= 0.3 is 5.97 Å². The Kier molecular flexibility index (Phi) is 5.90. The lowest BCUT2D eigenvalue weighted by atomic mass is 10.1. The molecule has 8 heteroatoms. The molecule has 0 unspecified atom stereocenters. The van der Waals surface area contributed by atoms with E-state index in [1.165, 1.54) is 32.4 Å². The molecule has 2 rings (SSSR count). The van der Waals surface area contributed by atoms with Gasteiger partial charge in [0.1, 0.15) is 11.3 Å². The summed E-state index contributed by atoms with van der Waals surface area (Å²) in [7, 11) is -1.15. The van der Waals surface area contributed by atoms with Crippen LogP contribution < -0.4 is 4.74 Å². The van der Waals surface area contributed by atoms with Gasteiger partial charge in [-0.15, -0.1) is 0 Å². The minimum Gasteiger partial charge on any atom is -0.495 e. The molecule has 0 spiro atoms. The monoisotopic (exact) mass is 432 g/mol. The number of hydrogen-bond donors (Lipinski definition) is 0. The van der Waals surface area contributed by atoms with Crippen molar-refractivity contribution in [1.29, 1.82) is 0 Å². The summed E-state index contributed by atoms with van der Waals surface area (Å²) in [5.74, 6) is -0.878. The van der Waals surface area contributed by atoms with Gasteiger partial charge in [-0.1, -0.05) is 29.8 Å². The second-order valence-corrected chi connectivity index (χ2v) is 8.02. The Morgan fingerprint density at radius 2 is 1.83 bits per heavy atom. The molecule has 0 N–H and O–H groups in total. The topological polar surface area (TPSA) is 69.7 Å². The third-order valence-electron chi connectivity index (χ3n) is 3.31. The number of esters is 1. The van der Waals surface area contributed by atoms with E-state index in [1.54, 1.807) is 18.2 Å². The molecule has 0 aliphatic carbocycles. The highest BCUT2D eigenvalue weighted by Gasteiger charge is 2.26. The summed E-state index contributed by atoms with van der Waals surface area (Å²) in [5, 5.41) is 0.126. The lowest BCUT2D eigenvalue weighted by Crippen LogP contribution is -2.13. The second-order valence-electron chi connectivity index (χ2n) is 4.80. The molecule has 0 saturated heterocycles. The van der Waals surface area contributed by atoms with Crippen molar-refractivity contribution in [1.82, 2.24) is 0 Å². The number of halogens is 2. The Labute approximate surface area is 153 Å². The van der Waals surface area contributed by atoms with Gasteiger partial charge in [-0.25, -0.2) is 13.2 Å². The molecule has 0 bridgehead atoms. The van der Waals surface area contributed by atoms with Crippen molar-refractivity contribution in [2.24, 2.45) is 0 Å². The molecule has 5 nitrogen and oxygen atoms in total. The number of benzene rings is 2. The molecule has 128 valence electrons. The molecule has 2 aromatic rings. The zero-order chi connectivity index (χ0) is 17.9. The van der Waals surface area contributed by atoms with E-state index in [-0.39, 0.29) is 26.8 Å². The summed E-state index contributed by atoms with van der Waals surface area (Å²) in [6.07, 6.45) is 0. The van der Waals surface area contributed by atoms with Crippen molar-refractivity contribution in [2.45, 2.75) is 10.6 Å². The minimum absolute atomic E-state index is 0.00404. The van der Waals surface area contributed by atoms with E-state index >= 15 is 0 Å². The van der Waals surface area contributed by atoms with Crippen molar-refractivity contribution in [3.05, 3.63) is 57.0 Å². The van der Waals surface area contributed by atoms with Crippen molar-refractivity contribution in [3.63, 3.8) is 0 Å². The molecular weight excluding hydrogens is 420 g/mol. The predicted octanol–water partition coefficient (Wildman–Crippen LogP) is 3.87. The lowest BCUT2D eigenvalue weighted by Gasteiger charge is -2.14. The lowest BCUT2D eigenvalue weighted by molar-refractivity contribution is 0.0596. The first-order valence-corrected chi connectivity index (χ1v) is 9.55. The zero-order valence-corrected chi connectivity index (χ0v) is 16.0. The molecule has 0 amide bonds. The fourth-order valence-electron chi connectivity index (χ4n) is 2.22. The average molecular weight is 434 g/mol. The van der Waals surface area contributed by atoms with Crippen molar-refractivity contribution in [2.75, 3.05) is 14.2 Å². The quantitative estimate of drug-likeness (QED) is 0.670. The van der Waals surface area contributed by atoms with Crippen LogP contribution in [0.1, 0.15) is 15.9 Å². The number of ether oxygens (including phenoxy) is 2. The van der Waals surface area contributed by atoms with Gasteiger partial charge in [0.2, 0.25) is 0 Å². The zero-order valence-electron chi connectivity index (χ0n) is 12.9. The van der Waals surface area contributed by atoms with E-state index in [9.17, 15) is 13.2 Å². The van der Waals surface area contributed by atoms with E-state index in [0.29, 0.717) is 4.47 Å². The standard InChI is InChI=1S/C16H14BrClO5S/c1-22-15-11(17)8-7-10(14(15)16(19)23-2)9-24(20,21)13-6-4-3-5-12(13)18/h3-8H,9H2,1-2H3. The van der Waals surface area contributed by atoms with Gasteiger partial charge in [0, 0.05) is 0 Å². The van der Waals surface area contributed by atoms with Crippen LogP contribution in [0.25, 0.3) is 0 Å². The Balaban J connectivity index is 2.58. The number of carbonyl (C=O) groups excluding carboxylic acids is 1. The van der Waals surface area contributed by atoms with Crippen LogP contribution in [0.15, 0.2) is 45.8 Å². The molecule has 0 radical (unpaired) electrons. The number of sulfone groups is 1. The van der Waals surface area contributed by atoms with Crippen molar-refractivity contribution < 1.29 is 22.7 Å². The van der Waals surface area contributed by atoms with Gasteiger partial charge in [0.05, 0.1) is 34.4 Å². The first kappa shape index (κ1) is 18.8. The maximum Gasteiger partial charge on any atom is 0.342 e. The van der Waals surface area contributed by atoms with Crippen LogP contribution in [0.4, 0.5) is 0 Å². The fourth-order valence-corrected chi connectivity index (χ4v) is 4.66. The molecule has 2 aromatic carbocycles. The molecule has 0 aromatic heterocycles. The van der Waals surface area contributed by atoms with Crippen LogP contribution in [0.3, 0.4) is 0 Å². The highest BCUT2D eigenvalue weighted by atomic mass is 79.9. The van der Waals surface area contributed by atoms with Gasteiger partial charge in [-0.3, -0.25) is 0 Å². The minimum atomic E-state index is -3.76. The Morgan fingerprint density at radius 1 is 1.17 bits per heavy atom. The largest absolute Gasteiger partial charge is 0.495 e. The molecule has 0 saturated carbocycles.